The van der Waals surface area contributed by atoms with Crippen LogP contribution >= 0.6 is 11.3 Å². The van der Waals surface area contributed by atoms with Gasteiger partial charge in [0.2, 0.25) is 0 Å². The van der Waals surface area contributed by atoms with E-state index in [0.29, 0.717) is 33.9 Å². The monoisotopic (exact) mass is 546 g/mol. The number of likely N-dealkylation sites (tertiary alicyclic amines) is 1. The number of nitrogens with zero attached hydrogens (tertiary/aromatic N) is 4. The molecule has 0 aliphatic carbocycles. The van der Waals surface area contributed by atoms with Gasteiger partial charge in [-0.3, -0.25) is 19.5 Å². The van der Waals surface area contributed by atoms with Crippen molar-refractivity contribution in [1.82, 2.24) is 24.8 Å². The third-order valence-electron chi connectivity index (χ3n) is 7.19. The average molecular weight is 547 g/mol. The third kappa shape index (κ3) is 5.55. The van der Waals surface area contributed by atoms with E-state index in [1.54, 1.807) is 48.0 Å². The first kappa shape index (κ1) is 26.5. The lowest BCUT2D eigenvalue weighted by atomic mass is 10.0. The van der Waals surface area contributed by atoms with Crippen molar-refractivity contribution in [2.24, 2.45) is 0 Å². The van der Waals surface area contributed by atoms with Crippen molar-refractivity contribution in [3.8, 4) is 10.4 Å². The summed E-state index contributed by atoms with van der Waals surface area (Å²) in [5, 5.41) is 19.3. The first-order valence-electron chi connectivity index (χ1n) is 12.7. The molecule has 3 N–H and O–H groups in total. The first-order chi connectivity index (χ1) is 18.6. The number of anilines is 1. The highest BCUT2D eigenvalue weighted by atomic mass is 32.1. The number of benzene rings is 1. The predicted octanol–water partition coefficient (Wildman–Crippen LogP) is 4.32. The van der Waals surface area contributed by atoms with Crippen LogP contribution in [0.2, 0.25) is 0 Å². The van der Waals surface area contributed by atoms with Gasteiger partial charge in [0, 0.05) is 31.0 Å². The lowest BCUT2D eigenvalue weighted by molar-refractivity contribution is 0.0696. The van der Waals surface area contributed by atoms with Crippen LogP contribution in [0.4, 0.5) is 5.69 Å². The molecule has 0 saturated carbocycles. The van der Waals surface area contributed by atoms with E-state index in [-0.39, 0.29) is 22.9 Å². The van der Waals surface area contributed by atoms with Crippen LogP contribution in [0, 0.1) is 6.92 Å². The maximum absolute atomic E-state index is 13.2. The van der Waals surface area contributed by atoms with Gasteiger partial charge in [-0.05, 0) is 63.9 Å². The number of hydrogen-bond acceptors (Lipinski definition) is 7. The number of hydrogen-bond donors (Lipinski definition) is 3. The Bertz CT molecular complexity index is 1560. The summed E-state index contributed by atoms with van der Waals surface area (Å²) in [6.07, 6.45) is 7.13. The molecule has 0 radical (unpaired) electrons. The fourth-order valence-electron chi connectivity index (χ4n) is 4.81. The Morgan fingerprint density at radius 1 is 1.10 bits per heavy atom. The fraction of sp³-hybridized carbons (Fsp3) is 0.321. The van der Waals surface area contributed by atoms with Crippen LogP contribution in [0.5, 0.6) is 0 Å². The second-order valence-corrected chi connectivity index (χ2v) is 11.3. The number of rotatable bonds is 8. The van der Waals surface area contributed by atoms with Crippen LogP contribution in [0.15, 0.2) is 48.9 Å². The van der Waals surface area contributed by atoms with Gasteiger partial charge in [-0.1, -0.05) is 12.1 Å². The molecule has 0 bridgehead atoms. The highest BCUT2D eigenvalue weighted by Gasteiger charge is 2.31. The Morgan fingerprint density at radius 2 is 1.87 bits per heavy atom. The molecule has 3 aromatic heterocycles. The predicted molar refractivity (Wildman–Crippen MR) is 150 cm³/mol. The molecule has 1 aromatic carbocycles. The molecule has 1 saturated heterocycles. The maximum Gasteiger partial charge on any atom is 0.335 e. The Labute approximate surface area is 229 Å². The molecule has 0 spiro atoms. The molecular formula is C28H30N6O4S. The molecular weight excluding hydrogens is 516 g/mol. The number of carbonyl (C=O) groups excluding carboxylic acids is 2. The lowest BCUT2D eigenvalue weighted by Gasteiger charge is -2.31. The van der Waals surface area contributed by atoms with Crippen LogP contribution in [0.3, 0.4) is 0 Å². The number of pyridine rings is 1. The molecule has 4 aromatic rings. The van der Waals surface area contributed by atoms with Gasteiger partial charge in [0.25, 0.3) is 11.8 Å². The standard InChI is InChI=1S/C28H30N6O4S/c1-17-22(13-20(14-30-17)24(35)29-10-12-33-11-4-9-28(33,2)3)32-25(36)21-15-31-34-16-23(39-26(21)34)18-5-7-19(8-6-18)27(37)38/h5-8,13-16H,4,9-12H2,1-3H3,(H,29,35)(H,32,36)(H,37,38). The molecule has 202 valence electrons. The van der Waals surface area contributed by atoms with E-state index in [0.717, 1.165) is 30.0 Å². The molecule has 11 heteroatoms. The van der Waals surface area contributed by atoms with Crippen LogP contribution in [-0.2, 0) is 0 Å². The number of fused-ring (bicyclic) bond motifs is 1. The Hall–Kier alpha value is -4.09. The van der Waals surface area contributed by atoms with Gasteiger partial charge < -0.3 is 15.7 Å². The number of aryl methyl sites for hydroxylation is 1. The second kappa shape index (κ2) is 10.6. The molecule has 2 amide bonds. The third-order valence-corrected chi connectivity index (χ3v) is 8.36. The zero-order chi connectivity index (χ0) is 27.7. The van der Waals surface area contributed by atoms with Gasteiger partial charge >= 0.3 is 5.97 Å². The van der Waals surface area contributed by atoms with E-state index in [2.05, 4.69) is 39.5 Å². The van der Waals surface area contributed by atoms with Gasteiger partial charge in [0.1, 0.15) is 4.83 Å². The Balaban J connectivity index is 1.27. The smallest absolute Gasteiger partial charge is 0.335 e. The number of carbonyl (C=O) groups is 3. The SMILES string of the molecule is Cc1ncc(C(=O)NCCN2CCCC2(C)C)cc1NC(=O)c1cnn2cc(-c3ccc(C(=O)O)cc3)sc12. The summed E-state index contributed by atoms with van der Waals surface area (Å²) in [5.41, 5.74) is 2.99. The van der Waals surface area contributed by atoms with Crippen molar-refractivity contribution in [2.75, 3.05) is 25.0 Å². The summed E-state index contributed by atoms with van der Waals surface area (Å²) >= 11 is 1.38. The largest absolute Gasteiger partial charge is 0.478 e. The Kier molecular flexibility index (Phi) is 7.19. The van der Waals surface area contributed by atoms with Crippen molar-refractivity contribution in [1.29, 1.82) is 0 Å². The van der Waals surface area contributed by atoms with Crippen LogP contribution in [0.1, 0.15) is 63.5 Å². The first-order valence-corrected chi connectivity index (χ1v) is 13.6. The number of carboxylic acid groups (broad SMARTS) is 1. The summed E-state index contributed by atoms with van der Waals surface area (Å²) in [4.78, 5) is 45.4. The van der Waals surface area contributed by atoms with E-state index in [4.69, 9.17) is 5.11 Å². The van der Waals surface area contributed by atoms with Crippen LogP contribution < -0.4 is 10.6 Å². The minimum atomic E-state index is -0.987. The van der Waals surface area contributed by atoms with Crippen molar-refractivity contribution in [3.63, 3.8) is 0 Å². The van der Waals surface area contributed by atoms with Gasteiger partial charge in [-0.25, -0.2) is 9.31 Å². The number of thiazole rings is 1. The average Bonchev–Trinajstić information content (AvgIpc) is 3.59. The fourth-order valence-corrected chi connectivity index (χ4v) is 5.87. The molecule has 1 aliphatic rings. The van der Waals surface area contributed by atoms with Crippen molar-refractivity contribution < 1.29 is 19.5 Å². The lowest BCUT2D eigenvalue weighted by Crippen LogP contribution is -2.43. The number of aromatic nitrogens is 3. The van der Waals surface area contributed by atoms with Crippen LogP contribution in [-0.4, -0.2) is 67.6 Å². The van der Waals surface area contributed by atoms with E-state index in [1.807, 2.05) is 0 Å². The van der Waals surface area contributed by atoms with E-state index >= 15 is 0 Å². The number of nitrogens with one attached hydrogen (secondary N) is 2. The molecule has 39 heavy (non-hydrogen) atoms. The molecule has 0 atom stereocenters. The number of amides is 2. The topological polar surface area (TPSA) is 129 Å². The summed E-state index contributed by atoms with van der Waals surface area (Å²) in [6, 6.07) is 8.18. The van der Waals surface area contributed by atoms with Gasteiger partial charge in [0.05, 0.1) is 39.1 Å². The minimum absolute atomic E-state index is 0.154. The molecule has 1 fully saturated rings. The molecule has 0 unspecified atom stereocenters. The van der Waals surface area contributed by atoms with Crippen molar-refractivity contribution in [3.05, 3.63) is 71.3 Å². The highest BCUT2D eigenvalue weighted by molar-refractivity contribution is 7.21. The molecule has 1 aliphatic heterocycles. The normalized spacial score (nSPS) is 14.9. The number of aromatic carboxylic acids is 1. The molecule has 4 heterocycles. The highest BCUT2D eigenvalue weighted by Crippen LogP contribution is 2.31. The van der Waals surface area contributed by atoms with Crippen molar-refractivity contribution >= 4 is 39.6 Å². The molecule has 5 rings (SSSR count). The quantitative estimate of drug-likeness (QED) is 0.300. The van der Waals surface area contributed by atoms with Crippen LogP contribution in [0.25, 0.3) is 15.3 Å². The van der Waals surface area contributed by atoms with Crippen molar-refractivity contribution in [2.45, 2.75) is 39.2 Å². The maximum atomic E-state index is 13.2. The van der Waals surface area contributed by atoms with Gasteiger partial charge in [-0.15, -0.1) is 11.3 Å². The zero-order valence-electron chi connectivity index (χ0n) is 22.0. The minimum Gasteiger partial charge on any atom is -0.478 e. The van der Waals surface area contributed by atoms with Gasteiger partial charge in [-0.2, -0.15) is 5.10 Å². The van der Waals surface area contributed by atoms with E-state index in [1.165, 1.54) is 30.2 Å². The summed E-state index contributed by atoms with van der Waals surface area (Å²) in [7, 11) is 0. The summed E-state index contributed by atoms with van der Waals surface area (Å²) in [5.74, 6) is -1.59. The van der Waals surface area contributed by atoms with Gasteiger partial charge in [0.15, 0.2) is 0 Å². The second-order valence-electron chi connectivity index (χ2n) is 10.3. The summed E-state index contributed by atoms with van der Waals surface area (Å²) < 4.78 is 1.62. The summed E-state index contributed by atoms with van der Waals surface area (Å²) in [6.45, 7) is 8.58. The number of carboxylic acids is 1. The Morgan fingerprint density at radius 3 is 2.56 bits per heavy atom. The molecule has 10 nitrogen and oxygen atoms in total. The van der Waals surface area contributed by atoms with E-state index < -0.39 is 5.97 Å². The van der Waals surface area contributed by atoms with E-state index in [9.17, 15) is 14.4 Å². The zero-order valence-corrected chi connectivity index (χ0v) is 22.8.